The van der Waals surface area contributed by atoms with E-state index in [2.05, 4.69) is 17.3 Å². The summed E-state index contributed by atoms with van der Waals surface area (Å²) >= 11 is 0. The van der Waals surface area contributed by atoms with Crippen molar-refractivity contribution in [3.63, 3.8) is 0 Å². The molecule has 0 saturated heterocycles. The Kier molecular flexibility index (Phi) is 3.84. The average molecular weight is 237 g/mol. The molecule has 0 radical (unpaired) electrons. The lowest BCUT2D eigenvalue weighted by atomic mass is 9.80. The molecule has 0 aromatic carbocycles. The maximum Gasteiger partial charge on any atom is 0.106 e. The van der Waals surface area contributed by atoms with Crippen molar-refractivity contribution in [3.8, 4) is 0 Å². The van der Waals surface area contributed by atoms with Gasteiger partial charge >= 0.3 is 0 Å². The summed E-state index contributed by atoms with van der Waals surface area (Å²) < 4.78 is 1.79. The second-order valence-electron chi connectivity index (χ2n) is 5.10. The molecule has 0 unspecified atom stereocenters. The van der Waals surface area contributed by atoms with Crippen LogP contribution in [-0.4, -0.2) is 27.5 Å². The molecule has 4 nitrogen and oxygen atoms in total. The number of aryl methyl sites for hydroxylation is 1. The van der Waals surface area contributed by atoms with Crippen LogP contribution in [0.3, 0.4) is 0 Å². The minimum atomic E-state index is -0.671. The first-order valence-corrected chi connectivity index (χ1v) is 6.60. The van der Waals surface area contributed by atoms with Gasteiger partial charge in [-0.2, -0.15) is 5.10 Å². The van der Waals surface area contributed by atoms with E-state index in [1.165, 1.54) is 6.42 Å². The van der Waals surface area contributed by atoms with Crippen LogP contribution in [0.1, 0.15) is 44.7 Å². The Hall–Kier alpha value is -0.870. The highest BCUT2D eigenvalue weighted by atomic mass is 16.3. The summed E-state index contributed by atoms with van der Waals surface area (Å²) in [5.74, 6) is 0. The zero-order valence-corrected chi connectivity index (χ0v) is 10.8. The Morgan fingerprint density at radius 2 is 2.24 bits per heavy atom. The third-order valence-corrected chi connectivity index (χ3v) is 3.79. The van der Waals surface area contributed by atoms with Gasteiger partial charge in [0.25, 0.3) is 0 Å². The Balaban J connectivity index is 1.96. The van der Waals surface area contributed by atoms with Gasteiger partial charge in [0.05, 0.1) is 5.69 Å². The van der Waals surface area contributed by atoms with Crippen LogP contribution in [0.5, 0.6) is 0 Å². The molecule has 1 aliphatic rings. The summed E-state index contributed by atoms with van der Waals surface area (Å²) in [6, 6.07) is 2.50. The maximum atomic E-state index is 10.7. The summed E-state index contributed by atoms with van der Waals surface area (Å²) in [7, 11) is 1.90. The van der Waals surface area contributed by atoms with Gasteiger partial charge in [-0.1, -0.05) is 6.92 Å². The van der Waals surface area contributed by atoms with E-state index in [4.69, 9.17) is 0 Å². The van der Waals surface area contributed by atoms with Crippen molar-refractivity contribution in [2.75, 3.05) is 6.54 Å². The first-order valence-electron chi connectivity index (χ1n) is 6.60. The molecule has 1 aliphatic carbocycles. The molecule has 2 rings (SSSR count). The number of aliphatic hydroxyl groups is 1. The van der Waals surface area contributed by atoms with E-state index >= 15 is 0 Å². The molecule has 0 bridgehead atoms. The number of rotatable bonds is 4. The molecule has 0 atom stereocenters. The van der Waals surface area contributed by atoms with Crippen LogP contribution in [-0.2, 0) is 12.6 Å². The third kappa shape index (κ3) is 2.69. The Morgan fingerprint density at radius 1 is 1.53 bits per heavy atom. The number of nitrogens with zero attached hydrogens (tertiary/aromatic N) is 2. The molecule has 96 valence electrons. The smallest absolute Gasteiger partial charge is 0.106 e. The van der Waals surface area contributed by atoms with Crippen LogP contribution in [0, 0.1) is 0 Å². The van der Waals surface area contributed by atoms with Crippen LogP contribution >= 0.6 is 0 Å². The van der Waals surface area contributed by atoms with E-state index in [1.54, 1.807) is 10.9 Å². The van der Waals surface area contributed by atoms with Crippen molar-refractivity contribution in [1.82, 2.24) is 15.1 Å². The molecule has 1 aromatic rings. The van der Waals surface area contributed by atoms with Crippen molar-refractivity contribution in [1.29, 1.82) is 0 Å². The Bertz CT molecular complexity index is 353. The first-order chi connectivity index (χ1) is 8.15. The Labute approximate surface area is 103 Å². The first kappa shape index (κ1) is 12.6. The third-order valence-electron chi connectivity index (χ3n) is 3.79. The number of aromatic nitrogens is 2. The van der Waals surface area contributed by atoms with Crippen LogP contribution in [0.15, 0.2) is 12.3 Å². The average Bonchev–Trinajstić information content (AvgIpc) is 2.76. The highest BCUT2D eigenvalue weighted by Gasteiger charge is 2.36. The fourth-order valence-electron chi connectivity index (χ4n) is 2.73. The van der Waals surface area contributed by atoms with Crippen LogP contribution in [0.2, 0.25) is 0 Å². The van der Waals surface area contributed by atoms with Gasteiger partial charge in [-0.15, -0.1) is 0 Å². The highest BCUT2D eigenvalue weighted by Crippen LogP contribution is 2.36. The van der Waals surface area contributed by atoms with Crippen molar-refractivity contribution >= 4 is 0 Å². The quantitative estimate of drug-likeness (QED) is 0.835. The van der Waals surface area contributed by atoms with Crippen LogP contribution in [0.25, 0.3) is 0 Å². The predicted molar refractivity (Wildman–Crippen MR) is 67.7 cm³/mol. The largest absolute Gasteiger partial charge is 0.384 e. The second-order valence-corrected chi connectivity index (χ2v) is 5.10. The van der Waals surface area contributed by atoms with Gasteiger partial charge in [0.2, 0.25) is 0 Å². The van der Waals surface area contributed by atoms with Crippen molar-refractivity contribution in [3.05, 3.63) is 18.0 Å². The van der Waals surface area contributed by atoms with E-state index in [1.807, 2.05) is 13.1 Å². The van der Waals surface area contributed by atoms with Crippen molar-refractivity contribution in [2.24, 2.45) is 7.05 Å². The standard InChI is InChI=1S/C13H23N3O/c1-3-9-14-11-4-7-13(17,8-5-11)12-6-10-15-16(12)2/h6,10-11,14,17H,3-5,7-9H2,1-2H3. The van der Waals surface area contributed by atoms with E-state index in [-0.39, 0.29) is 0 Å². The van der Waals surface area contributed by atoms with Gasteiger partial charge in [-0.3, -0.25) is 4.68 Å². The van der Waals surface area contributed by atoms with Gasteiger partial charge in [0.15, 0.2) is 0 Å². The molecule has 1 fully saturated rings. The summed E-state index contributed by atoms with van der Waals surface area (Å²) in [4.78, 5) is 0. The van der Waals surface area contributed by atoms with Crippen LogP contribution in [0.4, 0.5) is 0 Å². The maximum absolute atomic E-state index is 10.7. The van der Waals surface area contributed by atoms with E-state index < -0.39 is 5.60 Å². The Morgan fingerprint density at radius 3 is 2.76 bits per heavy atom. The van der Waals surface area contributed by atoms with Crippen molar-refractivity contribution < 1.29 is 5.11 Å². The van der Waals surface area contributed by atoms with Crippen molar-refractivity contribution in [2.45, 2.75) is 50.7 Å². The molecule has 1 aromatic heterocycles. The zero-order chi connectivity index (χ0) is 12.3. The SMILES string of the molecule is CCCNC1CCC(O)(c2ccnn2C)CC1. The predicted octanol–water partition coefficient (Wildman–Crippen LogP) is 1.55. The monoisotopic (exact) mass is 237 g/mol. The molecule has 4 heteroatoms. The number of nitrogens with one attached hydrogen (secondary N) is 1. The molecular weight excluding hydrogens is 214 g/mol. The normalized spacial score (nSPS) is 29.5. The fourth-order valence-corrected chi connectivity index (χ4v) is 2.73. The van der Waals surface area contributed by atoms with E-state index in [0.29, 0.717) is 6.04 Å². The summed E-state index contributed by atoms with van der Waals surface area (Å²) in [5, 5.41) is 18.3. The molecule has 2 N–H and O–H groups in total. The van der Waals surface area contributed by atoms with E-state index in [9.17, 15) is 5.11 Å². The topological polar surface area (TPSA) is 50.1 Å². The zero-order valence-electron chi connectivity index (χ0n) is 10.8. The molecule has 1 saturated carbocycles. The van der Waals surface area contributed by atoms with Gasteiger partial charge < -0.3 is 10.4 Å². The molecule has 0 aliphatic heterocycles. The summed E-state index contributed by atoms with van der Waals surface area (Å²) in [6.45, 7) is 3.26. The van der Waals surface area contributed by atoms with Gasteiger partial charge in [0, 0.05) is 19.3 Å². The molecule has 0 spiro atoms. The lowest BCUT2D eigenvalue weighted by molar-refractivity contribution is -0.0152. The molecular formula is C13H23N3O. The van der Waals surface area contributed by atoms with Gasteiger partial charge in [-0.05, 0) is 44.7 Å². The van der Waals surface area contributed by atoms with E-state index in [0.717, 1.165) is 37.9 Å². The highest BCUT2D eigenvalue weighted by molar-refractivity contribution is 5.13. The van der Waals surface area contributed by atoms with Gasteiger partial charge in [-0.25, -0.2) is 0 Å². The second kappa shape index (κ2) is 5.19. The summed E-state index contributed by atoms with van der Waals surface area (Å²) in [6.07, 6.45) is 6.67. The lowest BCUT2D eigenvalue weighted by Gasteiger charge is -2.36. The van der Waals surface area contributed by atoms with Gasteiger partial charge in [0.1, 0.15) is 5.60 Å². The molecule has 0 amide bonds. The molecule has 1 heterocycles. The summed E-state index contributed by atoms with van der Waals surface area (Å²) in [5.41, 5.74) is 0.279. The molecule has 17 heavy (non-hydrogen) atoms. The minimum Gasteiger partial charge on any atom is -0.384 e. The minimum absolute atomic E-state index is 0.573. The number of hydrogen-bond donors (Lipinski definition) is 2. The fraction of sp³-hybridized carbons (Fsp3) is 0.769. The van der Waals surface area contributed by atoms with Crippen LogP contribution < -0.4 is 5.32 Å². The number of hydrogen-bond acceptors (Lipinski definition) is 3. The lowest BCUT2D eigenvalue weighted by Crippen LogP contribution is -2.40.